The van der Waals surface area contributed by atoms with E-state index in [9.17, 15) is 13.2 Å². The van der Waals surface area contributed by atoms with Crippen molar-refractivity contribution < 1.29 is 26.1 Å². The molecule has 0 heterocycles. The average molecular weight is 844 g/mol. The summed E-state index contributed by atoms with van der Waals surface area (Å²) in [5, 5.41) is 7.20. The molecule has 0 spiro atoms. The second kappa shape index (κ2) is 22.0. The fraction of sp³-hybridized carbons (Fsp3) is 0.105. The maximum atomic E-state index is 10.7. The summed E-state index contributed by atoms with van der Waals surface area (Å²) < 4.78 is 58.9. The van der Waals surface area contributed by atoms with Gasteiger partial charge in [0.1, 0.15) is 0 Å². The Hall–Kier alpha value is -2.91. The summed E-state index contributed by atoms with van der Waals surface area (Å²) in [6.45, 7) is 0. The molecule has 1 aliphatic rings. The van der Waals surface area contributed by atoms with Crippen molar-refractivity contribution in [3.05, 3.63) is 175 Å². The van der Waals surface area contributed by atoms with Crippen molar-refractivity contribution in [2.24, 2.45) is 0 Å². The molecule has 6 aromatic rings. The summed E-state index contributed by atoms with van der Waals surface area (Å²) in [5.41, 5.74) is -2.67. The molecule has 0 fully saturated rings. The first-order valence-corrected chi connectivity index (χ1v) is 18.2. The first-order chi connectivity index (χ1) is 23.1. The van der Waals surface area contributed by atoms with Crippen LogP contribution in [0.25, 0.3) is 10.8 Å². The van der Waals surface area contributed by atoms with Crippen LogP contribution in [0.2, 0.25) is 0 Å². The zero-order valence-electron chi connectivity index (χ0n) is 25.9. The Labute approximate surface area is 314 Å². The molecule has 0 aromatic heterocycles. The molecule has 0 unspecified atom stereocenters. The molecule has 0 saturated heterocycles. The van der Waals surface area contributed by atoms with E-state index in [0.717, 1.165) is 0 Å². The molecule has 3 nitrogen and oxygen atoms in total. The molecule has 1 aliphatic carbocycles. The molecule has 7 rings (SSSR count). The fourth-order valence-electron chi connectivity index (χ4n) is 4.59. The molecular formula is C38H30Cl2F3O3PSSn. The number of hydrogen-bond donors (Lipinski definition) is 0. The number of alkyl halides is 5. The molecule has 0 saturated carbocycles. The van der Waals surface area contributed by atoms with E-state index in [0.29, 0.717) is 0 Å². The Morgan fingerprint density at radius 2 is 1.04 bits per heavy atom. The largest absolute Gasteiger partial charge is 4.00 e. The molecule has 11 heteroatoms. The van der Waals surface area contributed by atoms with E-state index in [1.165, 1.54) is 50.7 Å². The van der Waals surface area contributed by atoms with Gasteiger partial charge in [0.05, 0.1) is 5.34 Å². The zero-order chi connectivity index (χ0) is 34.8. The molecule has 0 atom stereocenters. The van der Waals surface area contributed by atoms with Crippen molar-refractivity contribution >= 4 is 91.8 Å². The minimum Gasteiger partial charge on any atom is -0.741 e. The monoisotopic (exact) mass is 844 g/mol. The number of halogens is 5. The first-order valence-electron chi connectivity index (χ1n) is 14.4. The van der Waals surface area contributed by atoms with Gasteiger partial charge in [-0.15, -0.1) is 57.7 Å². The molecule has 250 valence electrons. The molecule has 0 radical (unpaired) electrons. The van der Waals surface area contributed by atoms with Crippen LogP contribution in [0.15, 0.2) is 146 Å². The van der Waals surface area contributed by atoms with Gasteiger partial charge in [0.2, 0.25) is 0 Å². The van der Waals surface area contributed by atoms with E-state index in [-0.39, 0.29) is 29.2 Å². The van der Waals surface area contributed by atoms with Gasteiger partial charge in [-0.25, -0.2) is 8.42 Å². The van der Waals surface area contributed by atoms with E-state index in [2.05, 4.69) is 103 Å². The maximum Gasteiger partial charge on any atom is 4.00 e. The standard InChI is InChI=1S/C24H18P.2C6H5.CH2Cl2.CHF3O3S.Sn/c1-3-9-20(10-4-1)25(21-11-5-2-6-12-21)23-17-16-19-15-14-18-8-7-13-22(23)24(18)19;2*1-2-4-6-5-3-1;2-1-3;2-1(3,4)8(5,6)7;/h1-12,16-17H,14-15H2;2*1-5H;1H2;(H,5,6,7);/q3*-1;;;+4/p-1. The van der Waals surface area contributed by atoms with Gasteiger partial charge in [-0.05, 0) is 23.5 Å². The van der Waals surface area contributed by atoms with Crippen LogP contribution in [0.1, 0.15) is 11.1 Å². The molecule has 0 N–H and O–H groups in total. The van der Waals surface area contributed by atoms with Gasteiger partial charge in [-0.2, -0.15) is 86.0 Å². The van der Waals surface area contributed by atoms with Crippen molar-refractivity contribution in [1.29, 1.82) is 0 Å². The van der Waals surface area contributed by atoms with Crippen LogP contribution in [-0.4, -0.2) is 47.7 Å². The molecule has 0 bridgehead atoms. The third-order valence-corrected chi connectivity index (χ3v) is 9.58. The number of aryl methyl sites for hydroxylation is 2. The Morgan fingerprint density at radius 3 is 1.39 bits per heavy atom. The SMILES string of the molecule is ClCCl.O=S(=O)([O-])C(F)(F)F.[Sn+4].[c-]1ccc2c3c(ccc(P(c4ccccc4)c4ccccc4)c13)CC2.[c-]1ccccc1.[c-]1ccccc1. The predicted octanol–water partition coefficient (Wildman–Crippen LogP) is 8.56. The number of benzene rings is 6. The van der Waals surface area contributed by atoms with Gasteiger partial charge in [0.25, 0.3) is 0 Å². The van der Waals surface area contributed by atoms with Crippen LogP contribution >= 0.6 is 31.1 Å². The van der Waals surface area contributed by atoms with Crippen LogP contribution in [0.4, 0.5) is 13.2 Å². The van der Waals surface area contributed by atoms with Crippen molar-refractivity contribution in [1.82, 2.24) is 0 Å². The molecular weight excluding hydrogens is 814 g/mol. The van der Waals surface area contributed by atoms with E-state index < -0.39 is 23.5 Å². The van der Waals surface area contributed by atoms with E-state index in [4.69, 9.17) is 36.2 Å². The second-order valence-corrected chi connectivity index (χ2v) is 14.0. The first kappa shape index (κ1) is 42.3. The maximum absolute atomic E-state index is 10.7. The minimum atomic E-state index is -6.09. The van der Waals surface area contributed by atoms with Crippen molar-refractivity contribution in [2.45, 2.75) is 18.3 Å². The van der Waals surface area contributed by atoms with Gasteiger partial charge in [0, 0.05) is 0 Å². The van der Waals surface area contributed by atoms with E-state index in [1.54, 1.807) is 0 Å². The normalized spacial score (nSPS) is 11.2. The van der Waals surface area contributed by atoms with Gasteiger partial charge < -0.3 is 4.55 Å². The number of hydrogen-bond acceptors (Lipinski definition) is 3. The van der Waals surface area contributed by atoms with E-state index >= 15 is 0 Å². The predicted molar refractivity (Wildman–Crippen MR) is 198 cm³/mol. The van der Waals surface area contributed by atoms with Crippen LogP contribution in [0.3, 0.4) is 0 Å². The summed E-state index contributed by atoms with van der Waals surface area (Å²) in [5.74, 6) is 0. The molecule has 6 aromatic carbocycles. The zero-order valence-corrected chi connectivity index (χ0v) is 32.0. The number of rotatable bonds is 3. The summed E-state index contributed by atoms with van der Waals surface area (Å²) in [6.07, 6.45) is 2.33. The molecule has 0 amide bonds. The van der Waals surface area contributed by atoms with Crippen LogP contribution in [0.5, 0.6) is 0 Å². The van der Waals surface area contributed by atoms with Gasteiger partial charge >= 0.3 is 29.4 Å². The Kier molecular flexibility index (Phi) is 19.0. The second-order valence-electron chi connectivity index (χ2n) is 9.66. The van der Waals surface area contributed by atoms with Gasteiger partial charge in [0.15, 0.2) is 10.1 Å². The summed E-state index contributed by atoms with van der Waals surface area (Å²) in [4.78, 5) is 0. The Balaban J connectivity index is 0.000000284. The Bertz CT molecular complexity index is 1750. The average Bonchev–Trinajstić information content (AvgIpc) is 3.53. The van der Waals surface area contributed by atoms with Crippen molar-refractivity contribution in [3.8, 4) is 0 Å². The summed E-state index contributed by atoms with van der Waals surface area (Å²) in [7, 11) is -6.66. The van der Waals surface area contributed by atoms with E-state index in [1.807, 2.05) is 60.7 Å². The van der Waals surface area contributed by atoms with Crippen LogP contribution < -0.4 is 15.9 Å². The third-order valence-electron chi connectivity index (χ3n) is 6.53. The topological polar surface area (TPSA) is 57.2 Å². The minimum absolute atomic E-state index is 0. The Morgan fingerprint density at radius 1 is 0.653 bits per heavy atom. The van der Waals surface area contributed by atoms with Crippen molar-refractivity contribution in [3.63, 3.8) is 0 Å². The van der Waals surface area contributed by atoms with Crippen LogP contribution in [0, 0.1) is 18.2 Å². The van der Waals surface area contributed by atoms with Crippen LogP contribution in [-0.2, 0) is 23.0 Å². The smallest absolute Gasteiger partial charge is 0.741 e. The van der Waals surface area contributed by atoms with Gasteiger partial charge in [-0.1, -0.05) is 91.6 Å². The summed E-state index contributed by atoms with van der Waals surface area (Å²) in [6, 6.07) is 59.5. The van der Waals surface area contributed by atoms with Gasteiger partial charge in [-0.3, -0.25) is 0 Å². The fourth-order valence-corrected chi connectivity index (χ4v) is 7.01. The summed E-state index contributed by atoms with van der Waals surface area (Å²) >= 11 is 9.53. The molecule has 49 heavy (non-hydrogen) atoms. The quantitative estimate of drug-likeness (QED) is 0.0449. The van der Waals surface area contributed by atoms with Crippen molar-refractivity contribution in [2.75, 3.05) is 5.34 Å². The third kappa shape index (κ3) is 13.7. The molecule has 0 aliphatic heterocycles.